The van der Waals surface area contributed by atoms with Crippen molar-refractivity contribution in [1.29, 1.82) is 0 Å². The molecule has 2 rings (SSSR count). The van der Waals surface area contributed by atoms with Gasteiger partial charge in [-0.05, 0) is 36.0 Å². The molecule has 1 amide bonds. The Balaban J connectivity index is 2.32. The topological polar surface area (TPSA) is 59.6 Å². The molecule has 0 bridgehead atoms. The van der Waals surface area contributed by atoms with Crippen molar-refractivity contribution >= 4 is 29.3 Å². The monoisotopic (exact) mass is 264 g/mol. The second-order valence-corrected chi connectivity index (χ2v) is 3.99. The summed E-state index contributed by atoms with van der Waals surface area (Å²) >= 11 is 4.85. The summed E-state index contributed by atoms with van der Waals surface area (Å²) in [5.41, 5.74) is 1.22. The molecule has 1 saturated heterocycles. The number of hydrogen-bond acceptors (Lipinski definition) is 4. The van der Waals surface area contributed by atoms with E-state index in [0.717, 1.165) is 5.56 Å². The molecular formula is C12H12N2O3S. The van der Waals surface area contributed by atoms with Crippen LogP contribution in [0.15, 0.2) is 23.9 Å². The summed E-state index contributed by atoms with van der Waals surface area (Å²) in [5.74, 6) is 1.00. The van der Waals surface area contributed by atoms with E-state index in [1.54, 1.807) is 32.4 Å². The molecule has 0 radical (unpaired) electrons. The minimum Gasteiger partial charge on any atom is -0.493 e. The van der Waals surface area contributed by atoms with Crippen LogP contribution in [0.5, 0.6) is 11.5 Å². The van der Waals surface area contributed by atoms with Gasteiger partial charge in [0.2, 0.25) is 0 Å². The summed E-state index contributed by atoms with van der Waals surface area (Å²) in [6, 6.07) is 5.38. The number of carbonyl (C=O) groups excluding carboxylic acids is 1. The van der Waals surface area contributed by atoms with Gasteiger partial charge in [0.05, 0.1) is 14.2 Å². The molecule has 0 aromatic heterocycles. The molecule has 5 nitrogen and oxygen atoms in total. The first-order chi connectivity index (χ1) is 8.63. The highest BCUT2D eigenvalue weighted by Gasteiger charge is 2.19. The number of methoxy groups -OCH3 is 2. The fourth-order valence-electron chi connectivity index (χ4n) is 1.59. The molecule has 0 aliphatic carbocycles. The minimum absolute atomic E-state index is 0.241. The van der Waals surface area contributed by atoms with Gasteiger partial charge in [-0.2, -0.15) is 0 Å². The van der Waals surface area contributed by atoms with Crippen molar-refractivity contribution in [3.8, 4) is 11.5 Å². The van der Waals surface area contributed by atoms with Crippen LogP contribution in [0.25, 0.3) is 6.08 Å². The van der Waals surface area contributed by atoms with Crippen LogP contribution in [-0.4, -0.2) is 25.2 Å². The summed E-state index contributed by atoms with van der Waals surface area (Å²) in [6.45, 7) is 0. The highest BCUT2D eigenvalue weighted by Crippen LogP contribution is 2.28. The van der Waals surface area contributed by atoms with Crippen LogP contribution >= 0.6 is 12.2 Å². The Bertz CT molecular complexity index is 540. The van der Waals surface area contributed by atoms with Gasteiger partial charge in [-0.1, -0.05) is 6.07 Å². The van der Waals surface area contributed by atoms with Crippen LogP contribution in [0, 0.1) is 0 Å². The second kappa shape index (κ2) is 5.05. The minimum atomic E-state index is -0.241. The van der Waals surface area contributed by atoms with Crippen molar-refractivity contribution in [1.82, 2.24) is 10.6 Å². The Morgan fingerprint density at radius 2 is 1.89 bits per heavy atom. The van der Waals surface area contributed by atoms with Crippen molar-refractivity contribution < 1.29 is 14.3 Å². The molecule has 1 aromatic rings. The molecule has 1 aliphatic heterocycles. The predicted molar refractivity (Wildman–Crippen MR) is 71.4 cm³/mol. The quantitative estimate of drug-likeness (QED) is 0.631. The molecule has 94 valence electrons. The van der Waals surface area contributed by atoms with Crippen LogP contribution < -0.4 is 20.1 Å². The normalized spacial score (nSPS) is 16.4. The van der Waals surface area contributed by atoms with E-state index in [4.69, 9.17) is 21.7 Å². The van der Waals surface area contributed by atoms with E-state index in [1.165, 1.54) is 0 Å². The largest absolute Gasteiger partial charge is 0.493 e. The first-order valence-electron chi connectivity index (χ1n) is 5.20. The maximum absolute atomic E-state index is 11.5. The third kappa shape index (κ3) is 2.43. The fourth-order valence-corrected chi connectivity index (χ4v) is 1.79. The lowest BCUT2D eigenvalue weighted by atomic mass is 10.1. The maximum Gasteiger partial charge on any atom is 0.273 e. The summed E-state index contributed by atoms with van der Waals surface area (Å²) < 4.78 is 10.3. The van der Waals surface area contributed by atoms with E-state index >= 15 is 0 Å². The molecule has 1 fully saturated rings. The van der Waals surface area contributed by atoms with Crippen molar-refractivity contribution in [3.05, 3.63) is 29.5 Å². The van der Waals surface area contributed by atoms with Gasteiger partial charge in [0, 0.05) is 0 Å². The molecule has 0 spiro atoms. The molecule has 2 N–H and O–H groups in total. The van der Waals surface area contributed by atoms with Crippen molar-refractivity contribution in [2.45, 2.75) is 0 Å². The number of rotatable bonds is 3. The Kier molecular flexibility index (Phi) is 3.47. The maximum atomic E-state index is 11.5. The Morgan fingerprint density at radius 1 is 1.17 bits per heavy atom. The van der Waals surface area contributed by atoms with Gasteiger partial charge in [0.25, 0.3) is 5.91 Å². The van der Waals surface area contributed by atoms with Crippen LogP contribution in [0.1, 0.15) is 5.56 Å². The molecule has 18 heavy (non-hydrogen) atoms. The molecule has 1 aliphatic rings. The van der Waals surface area contributed by atoms with Crippen LogP contribution in [0.3, 0.4) is 0 Å². The number of carbonyl (C=O) groups is 1. The molecule has 6 heteroatoms. The van der Waals surface area contributed by atoms with Gasteiger partial charge < -0.3 is 14.8 Å². The van der Waals surface area contributed by atoms with Crippen molar-refractivity contribution in [3.63, 3.8) is 0 Å². The second-order valence-electron chi connectivity index (χ2n) is 3.58. The molecule has 0 saturated carbocycles. The number of hydrogen-bond donors (Lipinski definition) is 2. The van der Waals surface area contributed by atoms with Gasteiger partial charge >= 0.3 is 0 Å². The SMILES string of the molecule is COc1ccc(/C=C2/NC(=S)NC2=O)cc1OC. The average Bonchev–Trinajstić information content (AvgIpc) is 2.67. The summed E-state index contributed by atoms with van der Waals surface area (Å²) in [6.07, 6.45) is 1.69. The number of ether oxygens (including phenoxy) is 2. The van der Waals surface area contributed by atoms with E-state index in [2.05, 4.69) is 10.6 Å². The smallest absolute Gasteiger partial charge is 0.273 e. The number of amides is 1. The standard InChI is InChI=1S/C12H12N2O3S/c1-16-9-4-3-7(6-10(9)17-2)5-8-11(15)14-12(18)13-8/h3-6H,1-2H3,(H2,13,14,15,18)/b8-5+. The zero-order valence-electron chi connectivity index (χ0n) is 9.94. The van der Waals surface area contributed by atoms with Crippen LogP contribution in [-0.2, 0) is 4.79 Å². The fraction of sp³-hybridized carbons (Fsp3) is 0.167. The van der Waals surface area contributed by atoms with E-state index in [1.807, 2.05) is 6.07 Å². The molecule has 0 unspecified atom stereocenters. The first-order valence-corrected chi connectivity index (χ1v) is 5.61. The highest BCUT2D eigenvalue weighted by molar-refractivity contribution is 7.80. The molecule has 1 aromatic carbocycles. The molecule has 1 heterocycles. The van der Waals surface area contributed by atoms with E-state index in [0.29, 0.717) is 22.3 Å². The molecule has 0 atom stereocenters. The van der Waals surface area contributed by atoms with Gasteiger partial charge in [-0.15, -0.1) is 0 Å². The third-order valence-corrected chi connectivity index (χ3v) is 2.64. The van der Waals surface area contributed by atoms with Gasteiger partial charge in [0.1, 0.15) is 5.70 Å². The van der Waals surface area contributed by atoms with Crippen molar-refractivity contribution in [2.75, 3.05) is 14.2 Å². The molecular weight excluding hydrogens is 252 g/mol. The summed E-state index contributed by atoms with van der Waals surface area (Å²) in [4.78, 5) is 11.5. The van der Waals surface area contributed by atoms with E-state index in [-0.39, 0.29) is 5.91 Å². The zero-order chi connectivity index (χ0) is 13.1. The van der Waals surface area contributed by atoms with Gasteiger partial charge in [-0.3, -0.25) is 10.1 Å². The lowest BCUT2D eigenvalue weighted by Gasteiger charge is -2.07. The number of benzene rings is 1. The lowest BCUT2D eigenvalue weighted by molar-refractivity contribution is -0.115. The van der Waals surface area contributed by atoms with Crippen molar-refractivity contribution in [2.24, 2.45) is 0 Å². The Hall–Kier alpha value is -2.08. The van der Waals surface area contributed by atoms with Crippen LogP contribution in [0.2, 0.25) is 0 Å². The van der Waals surface area contributed by atoms with Gasteiger partial charge in [-0.25, -0.2) is 0 Å². The summed E-state index contributed by atoms with van der Waals surface area (Å²) in [5, 5.41) is 5.59. The Morgan fingerprint density at radius 3 is 2.44 bits per heavy atom. The lowest BCUT2D eigenvalue weighted by Crippen LogP contribution is -2.21. The van der Waals surface area contributed by atoms with E-state index in [9.17, 15) is 4.79 Å². The number of thiocarbonyl (C=S) groups is 1. The van der Waals surface area contributed by atoms with Gasteiger partial charge in [0.15, 0.2) is 16.6 Å². The zero-order valence-corrected chi connectivity index (χ0v) is 10.8. The third-order valence-electron chi connectivity index (χ3n) is 2.44. The highest BCUT2D eigenvalue weighted by atomic mass is 32.1. The summed E-state index contributed by atoms with van der Waals surface area (Å²) in [7, 11) is 3.13. The predicted octanol–water partition coefficient (Wildman–Crippen LogP) is 1.05. The van der Waals surface area contributed by atoms with Crippen LogP contribution in [0.4, 0.5) is 0 Å². The van der Waals surface area contributed by atoms with E-state index < -0.39 is 0 Å². The number of nitrogens with one attached hydrogen (secondary N) is 2. The average molecular weight is 264 g/mol. The Labute approximate surface area is 110 Å². The first kappa shape index (κ1) is 12.4.